The Hall–Kier alpha value is -1.26. The summed E-state index contributed by atoms with van der Waals surface area (Å²) in [6, 6.07) is 10.1. The van der Waals surface area contributed by atoms with Gasteiger partial charge in [0.15, 0.2) is 10.4 Å². The van der Waals surface area contributed by atoms with Gasteiger partial charge in [0, 0.05) is 10.7 Å². The molecule has 1 N–H and O–H groups in total. The second kappa shape index (κ2) is 4.72. The Kier molecular flexibility index (Phi) is 3.31. The van der Waals surface area contributed by atoms with Crippen molar-refractivity contribution in [1.29, 1.82) is 0 Å². The molecule has 0 atom stereocenters. The summed E-state index contributed by atoms with van der Waals surface area (Å²) in [6.07, 6.45) is 0. The first-order valence-corrected chi connectivity index (χ1v) is 5.64. The summed E-state index contributed by atoms with van der Waals surface area (Å²) in [5, 5.41) is 3.31. The van der Waals surface area contributed by atoms with E-state index in [-0.39, 0.29) is 11.7 Å². The van der Waals surface area contributed by atoms with E-state index < -0.39 is 0 Å². The standard InChI is InChI=1S/C11H7BrClNO2/c12-10-6-5-9(16-10)11(15)14-8-3-1-7(13)2-4-8/h1-6H,(H,14,15). The van der Waals surface area contributed by atoms with Gasteiger partial charge in [0.2, 0.25) is 0 Å². The molecule has 5 heteroatoms. The fraction of sp³-hybridized carbons (Fsp3) is 0. The number of anilines is 1. The number of carbonyl (C=O) groups is 1. The summed E-state index contributed by atoms with van der Waals surface area (Å²) < 4.78 is 5.64. The molecule has 0 unspecified atom stereocenters. The summed E-state index contributed by atoms with van der Waals surface area (Å²) in [4.78, 5) is 11.7. The second-order valence-corrected chi connectivity index (χ2v) is 4.28. The molecule has 1 aromatic carbocycles. The van der Waals surface area contributed by atoms with Gasteiger partial charge in [0.05, 0.1) is 0 Å². The van der Waals surface area contributed by atoms with Crippen LogP contribution in [0.2, 0.25) is 5.02 Å². The van der Waals surface area contributed by atoms with Gasteiger partial charge < -0.3 is 9.73 Å². The first-order chi connectivity index (χ1) is 7.65. The number of hydrogen-bond donors (Lipinski definition) is 1. The van der Waals surface area contributed by atoms with E-state index in [2.05, 4.69) is 21.2 Å². The Labute approximate surface area is 106 Å². The van der Waals surface area contributed by atoms with E-state index in [1.54, 1.807) is 36.4 Å². The molecule has 82 valence electrons. The lowest BCUT2D eigenvalue weighted by molar-refractivity contribution is 0.0995. The molecular formula is C11H7BrClNO2. The number of nitrogens with one attached hydrogen (secondary N) is 1. The van der Waals surface area contributed by atoms with Gasteiger partial charge in [-0.2, -0.15) is 0 Å². The van der Waals surface area contributed by atoms with Crippen LogP contribution in [0.25, 0.3) is 0 Å². The molecule has 1 aromatic heterocycles. The third-order valence-electron chi connectivity index (χ3n) is 1.90. The molecule has 0 spiro atoms. The lowest BCUT2D eigenvalue weighted by Gasteiger charge is -2.02. The number of rotatable bonds is 2. The highest BCUT2D eigenvalue weighted by Gasteiger charge is 2.10. The Bertz CT molecular complexity index is 507. The third-order valence-corrected chi connectivity index (χ3v) is 2.58. The van der Waals surface area contributed by atoms with Crippen LogP contribution < -0.4 is 5.32 Å². The molecular weight excluding hydrogens is 293 g/mol. The van der Waals surface area contributed by atoms with Crippen molar-refractivity contribution in [2.75, 3.05) is 5.32 Å². The van der Waals surface area contributed by atoms with Gasteiger partial charge in [-0.05, 0) is 52.3 Å². The monoisotopic (exact) mass is 299 g/mol. The van der Waals surface area contributed by atoms with Gasteiger partial charge in [0.1, 0.15) is 0 Å². The summed E-state index contributed by atoms with van der Waals surface area (Å²) in [7, 11) is 0. The van der Waals surface area contributed by atoms with E-state index in [1.807, 2.05) is 0 Å². The summed E-state index contributed by atoms with van der Waals surface area (Å²) >= 11 is 8.86. The lowest BCUT2D eigenvalue weighted by atomic mass is 10.3. The zero-order valence-electron chi connectivity index (χ0n) is 8.04. The first kappa shape index (κ1) is 11.2. The summed E-state index contributed by atoms with van der Waals surface area (Å²) in [5.74, 6) is -0.0464. The largest absolute Gasteiger partial charge is 0.444 e. The number of amides is 1. The molecule has 0 saturated carbocycles. The van der Waals surface area contributed by atoms with Crippen molar-refractivity contribution in [2.24, 2.45) is 0 Å². The van der Waals surface area contributed by atoms with Crippen molar-refractivity contribution in [3.8, 4) is 0 Å². The Morgan fingerprint density at radius 1 is 1.19 bits per heavy atom. The zero-order chi connectivity index (χ0) is 11.5. The predicted octanol–water partition coefficient (Wildman–Crippen LogP) is 3.95. The van der Waals surface area contributed by atoms with Crippen LogP contribution in [0.1, 0.15) is 10.6 Å². The Balaban J connectivity index is 2.10. The first-order valence-electron chi connectivity index (χ1n) is 4.47. The molecule has 2 aromatic rings. The number of carbonyl (C=O) groups excluding carboxylic acids is 1. The fourth-order valence-electron chi connectivity index (χ4n) is 1.16. The van der Waals surface area contributed by atoms with Gasteiger partial charge in [0.25, 0.3) is 5.91 Å². The molecule has 1 heterocycles. The molecule has 16 heavy (non-hydrogen) atoms. The van der Waals surface area contributed by atoms with Crippen LogP contribution in [0, 0.1) is 0 Å². The Morgan fingerprint density at radius 3 is 2.44 bits per heavy atom. The molecule has 0 fully saturated rings. The molecule has 0 aliphatic heterocycles. The highest BCUT2D eigenvalue weighted by atomic mass is 79.9. The number of hydrogen-bond acceptors (Lipinski definition) is 2. The van der Waals surface area contributed by atoms with Crippen molar-refractivity contribution < 1.29 is 9.21 Å². The zero-order valence-corrected chi connectivity index (χ0v) is 10.4. The minimum atomic E-state index is -0.298. The minimum absolute atomic E-state index is 0.252. The number of benzene rings is 1. The topological polar surface area (TPSA) is 42.2 Å². The molecule has 1 amide bonds. The van der Waals surface area contributed by atoms with Crippen molar-refractivity contribution in [3.63, 3.8) is 0 Å². The van der Waals surface area contributed by atoms with E-state index >= 15 is 0 Å². The summed E-state index contributed by atoms with van der Waals surface area (Å²) in [5.41, 5.74) is 0.668. The van der Waals surface area contributed by atoms with Crippen LogP contribution in [0.5, 0.6) is 0 Å². The van der Waals surface area contributed by atoms with E-state index in [4.69, 9.17) is 16.0 Å². The molecule has 3 nitrogen and oxygen atoms in total. The maximum Gasteiger partial charge on any atom is 0.291 e. The molecule has 0 aliphatic carbocycles. The van der Waals surface area contributed by atoms with Crippen LogP contribution in [0.3, 0.4) is 0 Å². The molecule has 0 aliphatic rings. The number of halogens is 2. The van der Waals surface area contributed by atoms with Gasteiger partial charge in [-0.3, -0.25) is 4.79 Å². The molecule has 0 bridgehead atoms. The van der Waals surface area contributed by atoms with Crippen LogP contribution >= 0.6 is 27.5 Å². The summed E-state index contributed by atoms with van der Waals surface area (Å²) in [6.45, 7) is 0. The second-order valence-electron chi connectivity index (χ2n) is 3.06. The molecule has 2 rings (SSSR count). The smallest absolute Gasteiger partial charge is 0.291 e. The van der Waals surface area contributed by atoms with Gasteiger partial charge in [-0.25, -0.2) is 0 Å². The van der Waals surface area contributed by atoms with Crippen molar-refractivity contribution in [1.82, 2.24) is 0 Å². The number of furan rings is 1. The van der Waals surface area contributed by atoms with E-state index in [9.17, 15) is 4.79 Å². The predicted molar refractivity (Wildman–Crippen MR) is 65.8 cm³/mol. The van der Waals surface area contributed by atoms with Crippen LogP contribution in [0.4, 0.5) is 5.69 Å². The average Bonchev–Trinajstić information content (AvgIpc) is 2.68. The van der Waals surface area contributed by atoms with Gasteiger partial charge in [-0.1, -0.05) is 11.6 Å². The average molecular weight is 301 g/mol. The van der Waals surface area contributed by atoms with Crippen LogP contribution in [-0.4, -0.2) is 5.91 Å². The maximum atomic E-state index is 11.7. The van der Waals surface area contributed by atoms with Crippen molar-refractivity contribution in [2.45, 2.75) is 0 Å². The lowest BCUT2D eigenvalue weighted by Crippen LogP contribution is -2.10. The SMILES string of the molecule is O=C(Nc1ccc(Cl)cc1)c1ccc(Br)o1. The third kappa shape index (κ3) is 2.65. The van der Waals surface area contributed by atoms with Gasteiger partial charge in [-0.15, -0.1) is 0 Å². The van der Waals surface area contributed by atoms with Crippen molar-refractivity contribution >= 4 is 39.1 Å². The van der Waals surface area contributed by atoms with E-state index in [0.29, 0.717) is 15.4 Å². The quantitative estimate of drug-likeness (QED) is 0.912. The van der Waals surface area contributed by atoms with Gasteiger partial charge >= 0.3 is 0 Å². The van der Waals surface area contributed by atoms with Crippen LogP contribution in [-0.2, 0) is 0 Å². The minimum Gasteiger partial charge on any atom is -0.444 e. The van der Waals surface area contributed by atoms with E-state index in [0.717, 1.165) is 0 Å². The normalized spacial score (nSPS) is 10.1. The maximum absolute atomic E-state index is 11.7. The molecule has 0 radical (unpaired) electrons. The molecule has 0 saturated heterocycles. The van der Waals surface area contributed by atoms with Crippen LogP contribution in [0.15, 0.2) is 45.5 Å². The van der Waals surface area contributed by atoms with Crippen molar-refractivity contribution in [3.05, 3.63) is 51.9 Å². The van der Waals surface area contributed by atoms with E-state index in [1.165, 1.54) is 0 Å². The fourth-order valence-corrected chi connectivity index (χ4v) is 1.59. The highest BCUT2D eigenvalue weighted by Crippen LogP contribution is 2.17. The highest BCUT2D eigenvalue weighted by molar-refractivity contribution is 9.10. The Morgan fingerprint density at radius 2 is 1.88 bits per heavy atom.